The molecule has 0 atom stereocenters. The van der Waals surface area contributed by atoms with Crippen molar-refractivity contribution in [2.45, 2.75) is 18.2 Å². The quantitative estimate of drug-likeness (QED) is 0.251. The molecule has 0 aliphatic heterocycles. The molecule has 0 saturated carbocycles. The Morgan fingerprint density at radius 2 is 1.97 bits per heavy atom. The number of furan rings is 1. The van der Waals surface area contributed by atoms with Gasteiger partial charge in [0, 0.05) is 16.8 Å². The van der Waals surface area contributed by atoms with Crippen molar-refractivity contribution in [1.82, 2.24) is 14.9 Å². The molecule has 2 aromatic carbocycles. The Morgan fingerprint density at radius 3 is 2.74 bits per heavy atom. The zero-order chi connectivity index (χ0) is 23.5. The number of nitrogens with one attached hydrogen (secondary N) is 1. The minimum absolute atomic E-state index is 0.133. The maximum Gasteiger partial charge on any atom is 0.298 e. The van der Waals surface area contributed by atoms with E-state index in [2.05, 4.69) is 5.32 Å². The van der Waals surface area contributed by atoms with Crippen molar-refractivity contribution in [3.8, 4) is 5.75 Å². The van der Waals surface area contributed by atoms with Crippen LogP contribution in [0, 0.1) is 0 Å². The van der Waals surface area contributed by atoms with Crippen LogP contribution in [0.15, 0.2) is 80.4 Å². The highest BCUT2D eigenvalue weighted by Gasteiger charge is 2.19. The molecule has 34 heavy (non-hydrogen) atoms. The summed E-state index contributed by atoms with van der Waals surface area (Å²) in [6, 6.07) is 18.9. The topological polar surface area (TPSA) is 86.4 Å². The highest BCUT2D eigenvalue weighted by Crippen LogP contribution is 2.28. The lowest BCUT2D eigenvalue weighted by molar-refractivity contribution is -0.118. The number of carbonyl (C=O) groups is 1. The monoisotopic (exact) mass is 491 g/mol. The normalized spacial score (nSPS) is 11.2. The van der Waals surface area contributed by atoms with Gasteiger partial charge in [0.05, 0.1) is 19.4 Å². The third-order valence-corrected chi connectivity index (χ3v) is 7.16. The number of thiophene rings is 1. The minimum Gasteiger partial charge on any atom is -0.497 e. The highest BCUT2D eigenvalue weighted by molar-refractivity contribution is 7.99. The second kappa shape index (κ2) is 9.74. The maximum atomic E-state index is 13.4. The van der Waals surface area contributed by atoms with Gasteiger partial charge in [-0.1, -0.05) is 42.1 Å². The Hall–Kier alpha value is -3.56. The summed E-state index contributed by atoms with van der Waals surface area (Å²) in [5, 5.41) is 6.15. The number of hydrogen-bond donors (Lipinski definition) is 1. The number of carbonyl (C=O) groups excluding carboxylic acids is 1. The van der Waals surface area contributed by atoms with Gasteiger partial charge in [-0.2, -0.15) is 0 Å². The van der Waals surface area contributed by atoms with Gasteiger partial charge in [-0.15, -0.1) is 11.3 Å². The van der Waals surface area contributed by atoms with E-state index in [1.165, 1.54) is 11.8 Å². The second-order valence-corrected chi connectivity index (χ2v) is 9.53. The van der Waals surface area contributed by atoms with Crippen molar-refractivity contribution in [2.24, 2.45) is 0 Å². The summed E-state index contributed by atoms with van der Waals surface area (Å²) in [5.41, 5.74) is 2.08. The van der Waals surface area contributed by atoms with Crippen LogP contribution in [-0.2, 0) is 17.9 Å². The molecule has 172 valence electrons. The molecule has 0 bridgehead atoms. The molecule has 3 heterocycles. The zero-order valence-corrected chi connectivity index (χ0v) is 19.9. The van der Waals surface area contributed by atoms with Gasteiger partial charge in [-0.3, -0.25) is 14.2 Å². The van der Waals surface area contributed by atoms with Crippen LogP contribution in [0.4, 0.5) is 0 Å². The zero-order valence-electron chi connectivity index (χ0n) is 18.3. The van der Waals surface area contributed by atoms with Crippen molar-refractivity contribution in [3.63, 3.8) is 0 Å². The number of thioether (sulfide) groups is 1. The number of ether oxygens (including phenoxy) is 1. The molecule has 0 saturated heterocycles. The summed E-state index contributed by atoms with van der Waals surface area (Å²) in [5.74, 6) is 0.756. The molecule has 0 spiro atoms. The molecule has 5 aromatic rings. The number of amides is 1. The van der Waals surface area contributed by atoms with Crippen LogP contribution in [0.25, 0.3) is 22.1 Å². The van der Waals surface area contributed by atoms with Gasteiger partial charge in [0.2, 0.25) is 11.5 Å². The molecule has 1 amide bonds. The van der Waals surface area contributed by atoms with Gasteiger partial charge >= 0.3 is 0 Å². The smallest absolute Gasteiger partial charge is 0.298 e. The number of hydrogen-bond acceptors (Lipinski definition) is 7. The summed E-state index contributed by atoms with van der Waals surface area (Å²) < 4.78 is 12.6. The van der Waals surface area contributed by atoms with Gasteiger partial charge in [0.1, 0.15) is 16.8 Å². The van der Waals surface area contributed by atoms with Gasteiger partial charge < -0.3 is 14.5 Å². The van der Waals surface area contributed by atoms with Crippen LogP contribution in [0.5, 0.6) is 5.75 Å². The van der Waals surface area contributed by atoms with E-state index in [0.29, 0.717) is 29.3 Å². The average molecular weight is 492 g/mol. The third-order valence-electron chi connectivity index (χ3n) is 5.32. The van der Waals surface area contributed by atoms with Gasteiger partial charge in [-0.25, -0.2) is 4.98 Å². The standard InChI is InChI=1S/C25H21N3O4S2/c1-31-17-10-8-16(9-11-17)13-26-21(29)15-34-25-27-22-19-6-2-3-7-20(19)32-23(22)24(30)28(25)14-18-5-4-12-33-18/h2-12H,13-15H2,1H3,(H,26,29). The molecular formula is C25H21N3O4S2. The van der Waals surface area contributed by atoms with Crippen molar-refractivity contribution in [3.05, 3.63) is 86.8 Å². The second-order valence-electron chi connectivity index (χ2n) is 7.55. The first-order chi connectivity index (χ1) is 16.6. The molecule has 0 radical (unpaired) electrons. The molecular weight excluding hydrogens is 470 g/mol. The number of para-hydroxylation sites is 1. The number of nitrogens with zero attached hydrogens (tertiary/aromatic N) is 2. The predicted octanol–water partition coefficient (Wildman–Crippen LogP) is 4.67. The maximum absolute atomic E-state index is 13.4. The van der Waals surface area contributed by atoms with Crippen LogP contribution in [0.3, 0.4) is 0 Å². The van der Waals surface area contributed by atoms with E-state index < -0.39 is 0 Å². The lowest BCUT2D eigenvalue weighted by atomic mass is 10.2. The third kappa shape index (κ3) is 4.57. The molecule has 9 heteroatoms. The Kier molecular flexibility index (Phi) is 6.37. The Bertz CT molecular complexity index is 1510. The first kappa shape index (κ1) is 22.2. The van der Waals surface area contributed by atoms with E-state index in [1.54, 1.807) is 23.0 Å². The number of benzene rings is 2. The average Bonchev–Trinajstić information content (AvgIpc) is 3.51. The summed E-state index contributed by atoms with van der Waals surface area (Å²) >= 11 is 2.80. The first-order valence-corrected chi connectivity index (χ1v) is 12.5. The number of methoxy groups -OCH3 is 1. The van der Waals surface area contributed by atoms with Crippen LogP contribution < -0.4 is 15.6 Å². The van der Waals surface area contributed by atoms with Crippen LogP contribution in [0.2, 0.25) is 0 Å². The molecule has 3 aromatic heterocycles. The number of fused-ring (bicyclic) bond motifs is 3. The van der Waals surface area contributed by atoms with Crippen molar-refractivity contribution >= 4 is 51.1 Å². The Balaban J connectivity index is 1.39. The first-order valence-electron chi connectivity index (χ1n) is 10.6. The van der Waals surface area contributed by atoms with E-state index in [4.69, 9.17) is 14.1 Å². The minimum atomic E-state index is -0.254. The molecule has 0 fully saturated rings. The van der Waals surface area contributed by atoms with E-state index >= 15 is 0 Å². The number of aromatic nitrogens is 2. The van der Waals surface area contributed by atoms with Crippen molar-refractivity contribution in [1.29, 1.82) is 0 Å². The summed E-state index contributed by atoms with van der Waals surface area (Å²) in [6.45, 7) is 0.774. The Labute approximate surface area is 203 Å². The molecule has 0 unspecified atom stereocenters. The predicted molar refractivity (Wildman–Crippen MR) is 135 cm³/mol. The van der Waals surface area contributed by atoms with Crippen LogP contribution in [-0.4, -0.2) is 28.3 Å². The van der Waals surface area contributed by atoms with E-state index in [0.717, 1.165) is 21.6 Å². The largest absolute Gasteiger partial charge is 0.497 e. The molecule has 5 rings (SSSR count). The molecule has 0 aliphatic carbocycles. The molecule has 1 N–H and O–H groups in total. The lowest BCUT2D eigenvalue weighted by Crippen LogP contribution is -2.26. The van der Waals surface area contributed by atoms with E-state index in [9.17, 15) is 9.59 Å². The fourth-order valence-corrected chi connectivity index (χ4v) is 5.10. The van der Waals surface area contributed by atoms with Crippen LogP contribution in [0.1, 0.15) is 10.4 Å². The van der Waals surface area contributed by atoms with Crippen LogP contribution >= 0.6 is 23.1 Å². The van der Waals surface area contributed by atoms with Gasteiger partial charge in [0.15, 0.2) is 5.16 Å². The highest BCUT2D eigenvalue weighted by atomic mass is 32.2. The summed E-state index contributed by atoms with van der Waals surface area (Å²) in [7, 11) is 1.61. The lowest BCUT2D eigenvalue weighted by Gasteiger charge is -2.11. The van der Waals surface area contributed by atoms with E-state index in [1.807, 2.05) is 66.0 Å². The van der Waals surface area contributed by atoms with Crippen molar-refractivity contribution in [2.75, 3.05) is 12.9 Å². The van der Waals surface area contributed by atoms with Gasteiger partial charge in [-0.05, 0) is 41.3 Å². The summed E-state index contributed by atoms with van der Waals surface area (Å²) in [6.07, 6.45) is 0. The van der Waals surface area contributed by atoms with Gasteiger partial charge in [0.25, 0.3) is 5.56 Å². The fourth-order valence-electron chi connectivity index (χ4n) is 3.59. The molecule has 7 nitrogen and oxygen atoms in total. The fraction of sp³-hybridized carbons (Fsp3) is 0.160. The summed E-state index contributed by atoms with van der Waals surface area (Å²) in [4.78, 5) is 31.7. The SMILES string of the molecule is COc1ccc(CNC(=O)CSc2nc3c(oc4ccccc43)c(=O)n2Cc2cccs2)cc1. The van der Waals surface area contributed by atoms with E-state index in [-0.39, 0.29) is 22.8 Å². The Morgan fingerprint density at radius 1 is 1.15 bits per heavy atom. The molecule has 0 aliphatic rings. The van der Waals surface area contributed by atoms with Crippen molar-refractivity contribution < 1.29 is 13.9 Å². The number of rotatable bonds is 8.